The number of benzene rings is 2. The van der Waals surface area contributed by atoms with Crippen LogP contribution in [0.2, 0.25) is 0 Å². The van der Waals surface area contributed by atoms with E-state index in [-0.39, 0.29) is 24.8 Å². The lowest BCUT2D eigenvalue weighted by Crippen LogP contribution is -2.49. The molecular formula is C24H36Cl2N2. The van der Waals surface area contributed by atoms with Gasteiger partial charge in [0.15, 0.2) is 0 Å². The molecule has 0 heterocycles. The lowest BCUT2D eigenvalue weighted by atomic mass is 9.90. The molecule has 2 atom stereocenters. The molecular weight excluding hydrogens is 387 g/mol. The van der Waals surface area contributed by atoms with Crippen LogP contribution in [0.15, 0.2) is 48.5 Å². The Morgan fingerprint density at radius 1 is 0.607 bits per heavy atom. The summed E-state index contributed by atoms with van der Waals surface area (Å²) in [5.41, 5.74) is 5.61. The monoisotopic (exact) mass is 422 g/mol. The summed E-state index contributed by atoms with van der Waals surface area (Å²) in [5.74, 6) is 0. The van der Waals surface area contributed by atoms with E-state index in [4.69, 9.17) is 0 Å². The molecule has 0 spiro atoms. The van der Waals surface area contributed by atoms with Gasteiger partial charge in [-0.3, -0.25) is 0 Å². The van der Waals surface area contributed by atoms with Crippen LogP contribution in [0.4, 0.5) is 0 Å². The van der Waals surface area contributed by atoms with Crippen LogP contribution < -0.4 is 10.6 Å². The van der Waals surface area contributed by atoms with E-state index in [1.54, 1.807) is 0 Å². The summed E-state index contributed by atoms with van der Waals surface area (Å²) in [6.45, 7) is 6.36. The quantitative estimate of drug-likeness (QED) is 0.557. The lowest BCUT2D eigenvalue weighted by molar-refractivity contribution is 0.281. The molecule has 0 aliphatic heterocycles. The van der Waals surface area contributed by atoms with E-state index < -0.39 is 0 Å². The standard InChI is InChI=1S/C24H34N2.2ClH/c1-3-19-9-13-21(14-10-19)17-25-23-7-5-6-8-24(23)26-18-22-15-11-20(4-2)12-16-22;;/h9-16,23-26H,3-8,17-18H2,1-2H3;2*1H. The Hall–Kier alpha value is -1.06. The Morgan fingerprint density at radius 3 is 1.25 bits per heavy atom. The molecule has 2 nitrogen and oxygen atoms in total. The third-order valence-electron chi connectivity index (χ3n) is 5.77. The SMILES string of the molecule is CCc1ccc(CNC2CCCCC2NCc2ccc(CC)cc2)cc1.Cl.Cl. The van der Waals surface area contributed by atoms with Crippen molar-refractivity contribution in [2.75, 3.05) is 0 Å². The predicted molar refractivity (Wildman–Crippen MR) is 126 cm³/mol. The Kier molecular flexibility index (Phi) is 11.8. The van der Waals surface area contributed by atoms with Crippen LogP contribution in [0.5, 0.6) is 0 Å². The second-order valence-corrected chi connectivity index (χ2v) is 7.60. The van der Waals surface area contributed by atoms with Gasteiger partial charge in [0.25, 0.3) is 0 Å². The average Bonchev–Trinajstić information content (AvgIpc) is 2.72. The van der Waals surface area contributed by atoms with Crippen LogP contribution in [-0.2, 0) is 25.9 Å². The smallest absolute Gasteiger partial charge is 0.0224 e. The summed E-state index contributed by atoms with van der Waals surface area (Å²) >= 11 is 0. The molecule has 0 radical (unpaired) electrons. The van der Waals surface area contributed by atoms with E-state index in [0.29, 0.717) is 12.1 Å². The van der Waals surface area contributed by atoms with E-state index in [1.807, 2.05) is 0 Å². The third kappa shape index (κ3) is 7.40. The van der Waals surface area contributed by atoms with E-state index in [2.05, 4.69) is 73.0 Å². The topological polar surface area (TPSA) is 24.1 Å². The molecule has 0 bridgehead atoms. The summed E-state index contributed by atoms with van der Waals surface area (Å²) in [6.07, 6.45) is 7.47. The van der Waals surface area contributed by atoms with Crippen molar-refractivity contribution < 1.29 is 0 Å². The summed E-state index contributed by atoms with van der Waals surface area (Å²) in [5, 5.41) is 7.63. The minimum absolute atomic E-state index is 0. The van der Waals surface area contributed by atoms with E-state index in [9.17, 15) is 0 Å². The molecule has 1 aliphatic carbocycles. The number of rotatable bonds is 8. The molecule has 0 saturated heterocycles. The first-order valence-electron chi connectivity index (χ1n) is 10.4. The summed E-state index contributed by atoms with van der Waals surface area (Å²) in [7, 11) is 0. The van der Waals surface area contributed by atoms with Gasteiger partial charge in [0, 0.05) is 25.2 Å². The second kappa shape index (κ2) is 13.2. The molecule has 4 heteroatoms. The second-order valence-electron chi connectivity index (χ2n) is 7.60. The van der Waals surface area contributed by atoms with E-state index in [1.165, 1.54) is 47.9 Å². The molecule has 3 rings (SSSR count). The zero-order valence-electron chi connectivity index (χ0n) is 17.2. The molecule has 0 amide bonds. The van der Waals surface area contributed by atoms with E-state index >= 15 is 0 Å². The van der Waals surface area contributed by atoms with Crippen LogP contribution in [0.3, 0.4) is 0 Å². The van der Waals surface area contributed by atoms with Crippen LogP contribution >= 0.6 is 24.8 Å². The summed E-state index contributed by atoms with van der Waals surface area (Å²) in [6, 6.07) is 19.3. The molecule has 0 aromatic heterocycles. The Bertz CT molecular complexity index is 596. The van der Waals surface area contributed by atoms with Crippen LogP contribution in [0.25, 0.3) is 0 Å². The van der Waals surface area contributed by atoms with Crippen LogP contribution in [0, 0.1) is 0 Å². The van der Waals surface area contributed by atoms with Crippen molar-refractivity contribution in [3.63, 3.8) is 0 Å². The fraction of sp³-hybridized carbons (Fsp3) is 0.500. The maximum Gasteiger partial charge on any atom is 0.0224 e. The van der Waals surface area contributed by atoms with Gasteiger partial charge < -0.3 is 10.6 Å². The van der Waals surface area contributed by atoms with E-state index in [0.717, 1.165) is 25.9 Å². The van der Waals surface area contributed by atoms with Crippen LogP contribution in [-0.4, -0.2) is 12.1 Å². The Morgan fingerprint density at radius 2 is 0.929 bits per heavy atom. The zero-order valence-corrected chi connectivity index (χ0v) is 18.9. The van der Waals surface area contributed by atoms with Gasteiger partial charge in [0.05, 0.1) is 0 Å². The average molecular weight is 423 g/mol. The van der Waals surface area contributed by atoms with Crippen molar-refractivity contribution in [2.45, 2.75) is 77.5 Å². The minimum Gasteiger partial charge on any atom is -0.308 e. The van der Waals surface area contributed by atoms with Gasteiger partial charge in [-0.05, 0) is 47.9 Å². The van der Waals surface area contributed by atoms with Gasteiger partial charge in [0.1, 0.15) is 0 Å². The molecule has 1 fully saturated rings. The first-order valence-corrected chi connectivity index (χ1v) is 10.4. The third-order valence-corrected chi connectivity index (χ3v) is 5.77. The highest BCUT2D eigenvalue weighted by molar-refractivity contribution is 5.85. The summed E-state index contributed by atoms with van der Waals surface area (Å²) in [4.78, 5) is 0. The fourth-order valence-electron chi connectivity index (χ4n) is 3.90. The molecule has 2 N–H and O–H groups in total. The normalized spacial score (nSPS) is 18.8. The van der Waals surface area contributed by atoms with Gasteiger partial charge in [-0.2, -0.15) is 0 Å². The lowest BCUT2D eigenvalue weighted by Gasteiger charge is -2.33. The highest BCUT2D eigenvalue weighted by Crippen LogP contribution is 2.20. The minimum atomic E-state index is 0. The Labute approximate surface area is 183 Å². The van der Waals surface area contributed by atoms with Crippen molar-refractivity contribution in [2.24, 2.45) is 0 Å². The number of hydrogen-bond acceptors (Lipinski definition) is 2. The number of nitrogens with one attached hydrogen (secondary N) is 2. The summed E-state index contributed by atoms with van der Waals surface area (Å²) < 4.78 is 0. The number of aryl methyl sites for hydroxylation is 2. The van der Waals surface area contributed by atoms with Gasteiger partial charge in [0.2, 0.25) is 0 Å². The van der Waals surface area contributed by atoms with Crippen molar-refractivity contribution >= 4 is 24.8 Å². The molecule has 2 aromatic rings. The maximum absolute atomic E-state index is 3.82. The van der Waals surface area contributed by atoms with Gasteiger partial charge in [-0.15, -0.1) is 24.8 Å². The first-order chi connectivity index (χ1) is 12.8. The molecule has 2 aromatic carbocycles. The molecule has 28 heavy (non-hydrogen) atoms. The number of hydrogen-bond donors (Lipinski definition) is 2. The Balaban J connectivity index is 0.00000196. The molecule has 1 saturated carbocycles. The highest BCUT2D eigenvalue weighted by Gasteiger charge is 2.24. The number of halogens is 2. The van der Waals surface area contributed by atoms with Crippen molar-refractivity contribution in [1.29, 1.82) is 0 Å². The van der Waals surface area contributed by atoms with Gasteiger partial charge >= 0.3 is 0 Å². The molecule has 156 valence electrons. The molecule has 1 aliphatic rings. The highest BCUT2D eigenvalue weighted by atomic mass is 35.5. The molecule has 2 unspecified atom stereocenters. The fourth-order valence-corrected chi connectivity index (χ4v) is 3.90. The largest absolute Gasteiger partial charge is 0.308 e. The van der Waals surface area contributed by atoms with Crippen LogP contribution in [0.1, 0.15) is 61.8 Å². The van der Waals surface area contributed by atoms with Gasteiger partial charge in [-0.1, -0.05) is 75.2 Å². The van der Waals surface area contributed by atoms with Gasteiger partial charge in [-0.25, -0.2) is 0 Å². The van der Waals surface area contributed by atoms with Crippen molar-refractivity contribution in [3.8, 4) is 0 Å². The first kappa shape index (κ1) is 25.0. The van der Waals surface area contributed by atoms with Crippen molar-refractivity contribution in [3.05, 3.63) is 70.8 Å². The maximum atomic E-state index is 3.82. The predicted octanol–water partition coefficient (Wildman–Crippen LogP) is 5.85. The zero-order chi connectivity index (χ0) is 18.2. The van der Waals surface area contributed by atoms with Crippen molar-refractivity contribution in [1.82, 2.24) is 10.6 Å².